The summed E-state index contributed by atoms with van der Waals surface area (Å²) in [7, 11) is 0. The van der Waals surface area contributed by atoms with Crippen molar-refractivity contribution in [1.29, 1.82) is 0 Å². The monoisotopic (exact) mass is 250 g/mol. The molecule has 1 aliphatic carbocycles. The quantitative estimate of drug-likeness (QED) is 0.686. The Morgan fingerprint density at radius 2 is 2.20 bits per heavy atom. The highest BCUT2D eigenvalue weighted by atomic mass is 35.5. The first-order valence-corrected chi connectivity index (χ1v) is 6.37. The van der Waals surface area contributed by atoms with Crippen LogP contribution in [0.4, 0.5) is 8.78 Å². The van der Waals surface area contributed by atoms with E-state index in [9.17, 15) is 8.78 Å². The minimum atomic E-state index is -2.47. The summed E-state index contributed by atoms with van der Waals surface area (Å²) < 4.78 is 25.4. The van der Waals surface area contributed by atoms with Gasteiger partial charge in [0.05, 0.1) is 5.38 Å². The molecule has 84 valence electrons. The van der Waals surface area contributed by atoms with Gasteiger partial charge in [0, 0.05) is 22.6 Å². The van der Waals surface area contributed by atoms with Gasteiger partial charge in [-0.25, -0.2) is 8.78 Å². The average Bonchev–Trinajstić information content (AvgIpc) is 2.61. The number of aryl methyl sites for hydroxylation is 1. The number of hydrogen-bond donors (Lipinski definition) is 0. The van der Waals surface area contributed by atoms with Gasteiger partial charge in [0.15, 0.2) is 0 Å². The van der Waals surface area contributed by atoms with Gasteiger partial charge in [0.2, 0.25) is 5.92 Å². The maximum atomic E-state index is 12.7. The fraction of sp³-hybridized carbons (Fsp3) is 0.636. The standard InChI is InChI=1S/C11H13ClF2S/c1-2-8-3-4-9(15-8)10(12)7-5-11(13,14)6-7/h3-4,7,10H,2,5-6H2,1H3. The van der Waals surface area contributed by atoms with E-state index in [0.717, 1.165) is 11.3 Å². The van der Waals surface area contributed by atoms with E-state index < -0.39 is 5.92 Å². The van der Waals surface area contributed by atoms with Gasteiger partial charge in [-0.2, -0.15) is 0 Å². The van der Waals surface area contributed by atoms with E-state index in [0.29, 0.717) is 0 Å². The van der Waals surface area contributed by atoms with Crippen LogP contribution in [0.1, 0.15) is 34.9 Å². The molecular weight excluding hydrogens is 238 g/mol. The van der Waals surface area contributed by atoms with Crippen LogP contribution in [0.15, 0.2) is 12.1 Å². The van der Waals surface area contributed by atoms with Crippen molar-refractivity contribution in [2.24, 2.45) is 5.92 Å². The molecule has 0 aliphatic heterocycles. The van der Waals surface area contributed by atoms with Crippen LogP contribution in [0.2, 0.25) is 0 Å². The summed E-state index contributed by atoms with van der Waals surface area (Å²) in [6.07, 6.45) is 0.871. The minimum absolute atomic E-state index is 0.0509. The van der Waals surface area contributed by atoms with Crippen LogP contribution in [0.3, 0.4) is 0 Å². The topological polar surface area (TPSA) is 0 Å². The number of hydrogen-bond acceptors (Lipinski definition) is 1. The van der Waals surface area contributed by atoms with Crippen LogP contribution in [-0.2, 0) is 6.42 Å². The van der Waals surface area contributed by atoms with Crippen LogP contribution in [0.25, 0.3) is 0 Å². The Kier molecular flexibility index (Phi) is 3.04. The Morgan fingerprint density at radius 3 is 2.67 bits per heavy atom. The average molecular weight is 251 g/mol. The molecule has 0 spiro atoms. The molecular formula is C11H13ClF2S. The Morgan fingerprint density at radius 1 is 1.53 bits per heavy atom. The SMILES string of the molecule is CCc1ccc(C(Cl)C2CC(F)(F)C2)s1. The van der Waals surface area contributed by atoms with Crippen molar-refractivity contribution < 1.29 is 8.78 Å². The van der Waals surface area contributed by atoms with Crippen molar-refractivity contribution in [2.45, 2.75) is 37.5 Å². The summed E-state index contributed by atoms with van der Waals surface area (Å²) in [5.41, 5.74) is 0. The van der Waals surface area contributed by atoms with Crippen LogP contribution < -0.4 is 0 Å². The molecule has 4 heteroatoms. The summed E-state index contributed by atoms with van der Waals surface area (Å²) in [6, 6.07) is 4.00. The van der Waals surface area contributed by atoms with E-state index in [1.807, 2.05) is 12.1 Å². The summed E-state index contributed by atoms with van der Waals surface area (Å²) in [5, 5.41) is -0.227. The lowest BCUT2D eigenvalue weighted by Gasteiger charge is -2.37. The molecule has 1 aromatic heterocycles. The van der Waals surface area contributed by atoms with Gasteiger partial charge in [-0.1, -0.05) is 6.92 Å². The van der Waals surface area contributed by atoms with E-state index in [1.54, 1.807) is 11.3 Å². The van der Waals surface area contributed by atoms with Gasteiger partial charge in [-0.3, -0.25) is 0 Å². The molecule has 0 N–H and O–H groups in total. The van der Waals surface area contributed by atoms with Crippen molar-refractivity contribution in [2.75, 3.05) is 0 Å². The molecule has 0 saturated heterocycles. The Labute approximate surface area is 97.3 Å². The van der Waals surface area contributed by atoms with E-state index in [1.165, 1.54) is 4.88 Å². The molecule has 1 fully saturated rings. The first kappa shape index (κ1) is 11.3. The van der Waals surface area contributed by atoms with Crippen LogP contribution in [-0.4, -0.2) is 5.92 Å². The van der Waals surface area contributed by atoms with Gasteiger partial charge < -0.3 is 0 Å². The largest absolute Gasteiger partial charge is 0.248 e. The maximum absolute atomic E-state index is 12.7. The molecule has 2 rings (SSSR count). The summed E-state index contributed by atoms with van der Waals surface area (Å²) in [5.74, 6) is -2.52. The predicted octanol–water partition coefficient (Wildman–Crippen LogP) is 4.64. The van der Waals surface area contributed by atoms with Crippen LogP contribution >= 0.6 is 22.9 Å². The molecule has 0 aromatic carbocycles. The number of thiophene rings is 1. The highest BCUT2D eigenvalue weighted by Gasteiger charge is 2.48. The Balaban J connectivity index is 1.99. The third-order valence-electron chi connectivity index (χ3n) is 2.84. The molecule has 1 heterocycles. The zero-order chi connectivity index (χ0) is 11.1. The second-order valence-electron chi connectivity index (χ2n) is 4.08. The van der Waals surface area contributed by atoms with Crippen LogP contribution in [0, 0.1) is 5.92 Å². The zero-order valence-corrected chi connectivity index (χ0v) is 10.0. The van der Waals surface area contributed by atoms with Crippen molar-refractivity contribution in [3.8, 4) is 0 Å². The molecule has 0 bridgehead atoms. The fourth-order valence-corrected chi connectivity index (χ4v) is 3.29. The Bertz CT molecular complexity index is 340. The molecule has 1 aromatic rings. The van der Waals surface area contributed by atoms with Gasteiger partial charge in [-0.05, 0) is 24.5 Å². The summed E-state index contributed by atoms with van der Waals surface area (Å²) >= 11 is 7.82. The third-order valence-corrected chi connectivity index (χ3v) is 4.87. The predicted molar refractivity (Wildman–Crippen MR) is 60.0 cm³/mol. The lowest BCUT2D eigenvalue weighted by Crippen LogP contribution is -2.37. The third kappa shape index (κ3) is 2.34. The van der Waals surface area contributed by atoms with Gasteiger partial charge in [0.25, 0.3) is 0 Å². The summed E-state index contributed by atoms with van der Waals surface area (Å²) in [6.45, 7) is 2.08. The number of halogens is 3. The van der Waals surface area contributed by atoms with E-state index in [4.69, 9.17) is 11.6 Å². The molecule has 1 aliphatic rings. The second-order valence-corrected chi connectivity index (χ2v) is 5.75. The summed E-state index contributed by atoms with van der Waals surface area (Å²) in [4.78, 5) is 2.30. The van der Waals surface area contributed by atoms with Crippen molar-refractivity contribution in [3.63, 3.8) is 0 Å². The van der Waals surface area contributed by atoms with Crippen molar-refractivity contribution >= 4 is 22.9 Å². The van der Waals surface area contributed by atoms with E-state index in [-0.39, 0.29) is 24.1 Å². The highest BCUT2D eigenvalue weighted by molar-refractivity contribution is 7.12. The molecule has 0 amide bonds. The Hall–Kier alpha value is -0.150. The highest BCUT2D eigenvalue weighted by Crippen LogP contribution is 2.51. The van der Waals surface area contributed by atoms with Crippen molar-refractivity contribution in [3.05, 3.63) is 21.9 Å². The van der Waals surface area contributed by atoms with Gasteiger partial charge >= 0.3 is 0 Å². The first-order chi connectivity index (χ1) is 7.02. The molecule has 0 radical (unpaired) electrons. The molecule has 1 unspecified atom stereocenters. The van der Waals surface area contributed by atoms with E-state index in [2.05, 4.69) is 6.92 Å². The lowest BCUT2D eigenvalue weighted by molar-refractivity contribution is -0.110. The molecule has 0 nitrogen and oxygen atoms in total. The van der Waals surface area contributed by atoms with Gasteiger partial charge in [-0.15, -0.1) is 22.9 Å². The lowest BCUT2D eigenvalue weighted by atomic mass is 9.78. The molecule has 15 heavy (non-hydrogen) atoms. The fourth-order valence-electron chi connectivity index (χ4n) is 1.88. The van der Waals surface area contributed by atoms with Crippen molar-refractivity contribution in [1.82, 2.24) is 0 Å². The van der Waals surface area contributed by atoms with E-state index >= 15 is 0 Å². The number of rotatable bonds is 3. The normalized spacial score (nSPS) is 22.4. The van der Waals surface area contributed by atoms with Crippen LogP contribution in [0.5, 0.6) is 0 Å². The minimum Gasteiger partial charge on any atom is -0.207 e. The maximum Gasteiger partial charge on any atom is 0.248 e. The number of alkyl halides is 3. The smallest absolute Gasteiger partial charge is 0.207 e. The first-order valence-electron chi connectivity index (χ1n) is 5.12. The second kappa shape index (κ2) is 4.02. The van der Waals surface area contributed by atoms with Gasteiger partial charge in [0.1, 0.15) is 0 Å². The molecule has 1 atom stereocenters. The molecule has 1 saturated carbocycles. The zero-order valence-electron chi connectivity index (χ0n) is 8.47.